The molecule has 7 heteroatoms. The summed E-state index contributed by atoms with van der Waals surface area (Å²) in [7, 11) is 0. The van der Waals surface area contributed by atoms with Gasteiger partial charge in [0.25, 0.3) is 5.91 Å². The van der Waals surface area contributed by atoms with Gasteiger partial charge in [-0.1, -0.05) is 0 Å². The molecule has 7 nitrogen and oxygen atoms in total. The number of aryl methyl sites for hydroxylation is 1. The van der Waals surface area contributed by atoms with Crippen LogP contribution in [0.1, 0.15) is 29.0 Å². The smallest absolute Gasteiger partial charge is 0.270 e. The number of carbonyl (C=O) groups is 1. The van der Waals surface area contributed by atoms with Crippen LogP contribution in [0.3, 0.4) is 0 Å². The fraction of sp³-hybridized carbons (Fsp3) is 0.500. The highest BCUT2D eigenvalue weighted by molar-refractivity contribution is 5.93. The topological polar surface area (TPSA) is 88.8 Å². The lowest BCUT2D eigenvalue weighted by Gasteiger charge is -2.36. The molecule has 21 heavy (non-hydrogen) atoms. The van der Waals surface area contributed by atoms with E-state index in [9.17, 15) is 9.90 Å². The van der Waals surface area contributed by atoms with Gasteiger partial charge in [0.1, 0.15) is 5.69 Å². The molecule has 0 atom stereocenters. The van der Waals surface area contributed by atoms with Gasteiger partial charge < -0.3 is 15.2 Å². The molecule has 1 fully saturated rings. The Balaban J connectivity index is 1.91. The Morgan fingerprint density at radius 2 is 2.29 bits per heavy atom. The van der Waals surface area contributed by atoms with E-state index in [0.29, 0.717) is 37.4 Å². The van der Waals surface area contributed by atoms with Gasteiger partial charge in [-0.3, -0.25) is 4.79 Å². The zero-order valence-corrected chi connectivity index (χ0v) is 11.9. The molecule has 1 saturated heterocycles. The van der Waals surface area contributed by atoms with E-state index in [-0.39, 0.29) is 12.5 Å². The summed E-state index contributed by atoms with van der Waals surface area (Å²) in [4.78, 5) is 16.9. The summed E-state index contributed by atoms with van der Waals surface area (Å²) in [5, 5.41) is 16.7. The van der Waals surface area contributed by atoms with E-state index in [1.54, 1.807) is 18.3 Å². The summed E-state index contributed by atoms with van der Waals surface area (Å²) in [6, 6.07) is 3.44. The molecule has 0 bridgehead atoms. The van der Waals surface area contributed by atoms with Crippen LogP contribution in [0.4, 0.5) is 0 Å². The maximum absolute atomic E-state index is 12.6. The van der Waals surface area contributed by atoms with Crippen molar-refractivity contribution in [1.29, 1.82) is 0 Å². The SMILES string of the molecule is Cc1cc(C(=O)NC2(CO)CCOCC2)n2nccc2n1. The molecule has 2 aromatic heterocycles. The fourth-order valence-corrected chi connectivity index (χ4v) is 2.59. The van der Waals surface area contributed by atoms with E-state index in [4.69, 9.17) is 4.74 Å². The molecule has 1 aliphatic rings. The van der Waals surface area contributed by atoms with Crippen LogP contribution in [-0.2, 0) is 4.74 Å². The molecule has 0 radical (unpaired) electrons. The van der Waals surface area contributed by atoms with Crippen LogP contribution >= 0.6 is 0 Å². The number of nitrogens with zero attached hydrogens (tertiary/aromatic N) is 3. The van der Waals surface area contributed by atoms with E-state index in [2.05, 4.69) is 15.4 Å². The predicted octanol–water partition coefficient (Wildman–Crippen LogP) is 0.309. The number of hydrogen-bond acceptors (Lipinski definition) is 5. The summed E-state index contributed by atoms with van der Waals surface area (Å²) in [5.74, 6) is -0.259. The van der Waals surface area contributed by atoms with Gasteiger partial charge in [-0.05, 0) is 25.8 Å². The van der Waals surface area contributed by atoms with Gasteiger partial charge in [-0.15, -0.1) is 0 Å². The average Bonchev–Trinajstić information content (AvgIpc) is 2.95. The molecule has 0 spiro atoms. The van der Waals surface area contributed by atoms with E-state index >= 15 is 0 Å². The lowest BCUT2D eigenvalue weighted by molar-refractivity contribution is 0.0124. The third-order valence-corrected chi connectivity index (χ3v) is 3.85. The Labute approximate surface area is 121 Å². The molecule has 3 rings (SSSR count). The van der Waals surface area contributed by atoms with Crippen molar-refractivity contribution in [2.24, 2.45) is 0 Å². The second kappa shape index (κ2) is 5.42. The largest absolute Gasteiger partial charge is 0.394 e. The standard InChI is InChI=1S/C14H18N4O3/c1-10-8-11(18-12(16-10)2-5-15-18)13(20)17-14(9-19)3-6-21-7-4-14/h2,5,8,19H,3-4,6-7,9H2,1H3,(H,17,20). The molecular weight excluding hydrogens is 272 g/mol. The lowest BCUT2D eigenvalue weighted by atomic mass is 9.91. The van der Waals surface area contributed by atoms with Crippen molar-refractivity contribution in [3.8, 4) is 0 Å². The van der Waals surface area contributed by atoms with E-state index in [0.717, 1.165) is 5.69 Å². The first kappa shape index (κ1) is 14.0. The van der Waals surface area contributed by atoms with E-state index in [1.165, 1.54) is 4.52 Å². The van der Waals surface area contributed by atoms with Crippen LogP contribution in [0.5, 0.6) is 0 Å². The van der Waals surface area contributed by atoms with Crippen molar-refractivity contribution in [3.63, 3.8) is 0 Å². The van der Waals surface area contributed by atoms with Crippen LogP contribution in [0.25, 0.3) is 5.65 Å². The molecule has 0 unspecified atom stereocenters. The maximum atomic E-state index is 12.6. The minimum Gasteiger partial charge on any atom is -0.394 e. The average molecular weight is 290 g/mol. The minimum absolute atomic E-state index is 0.103. The van der Waals surface area contributed by atoms with Crippen LogP contribution < -0.4 is 5.32 Å². The number of fused-ring (bicyclic) bond motifs is 1. The number of aliphatic hydroxyl groups is 1. The molecule has 2 aromatic rings. The Bertz CT molecular complexity index is 661. The maximum Gasteiger partial charge on any atom is 0.270 e. The van der Waals surface area contributed by atoms with Gasteiger partial charge in [0.05, 0.1) is 18.3 Å². The van der Waals surface area contributed by atoms with Crippen molar-refractivity contribution in [2.45, 2.75) is 25.3 Å². The number of rotatable bonds is 3. The summed E-state index contributed by atoms with van der Waals surface area (Å²) >= 11 is 0. The Morgan fingerprint density at radius 3 is 3.00 bits per heavy atom. The first-order valence-corrected chi connectivity index (χ1v) is 6.96. The minimum atomic E-state index is -0.619. The fourth-order valence-electron chi connectivity index (χ4n) is 2.59. The van der Waals surface area contributed by atoms with Crippen LogP contribution in [-0.4, -0.2) is 51.0 Å². The van der Waals surface area contributed by atoms with E-state index < -0.39 is 5.54 Å². The van der Waals surface area contributed by atoms with Crippen LogP contribution in [0.2, 0.25) is 0 Å². The van der Waals surface area contributed by atoms with Gasteiger partial charge in [0.2, 0.25) is 0 Å². The number of aliphatic hydroxyl groups excluding tert-OH is 1. The molecule has 0 aliphatic carbocycles. The number of amides is 1. The second-order valence-corrected chi connectivity index (χ2v) is 5.39. The molecule has 0 saturated carbocycles. The summed E-state index contributed by atoms with van der Waals surface area (Å²) in [6.45, 7) is 2.80. The van der Waals surface area contributed by atoms with Crippen molar-refractivity contribution in [1.82, 2.24) is 19.9 Å². The first-order chi connectivity index (χ1) is 10.1. The quantitative estimate of drug-likeness (QED) is 0.849. The Kier molecular flexibility index (Phi) is 3.60. The molecule has 112 valence electrons. The zero-order chi connectivity index (χ0) is 14.9. The molecule has 1 amide bonds. The summed E-state index contributed by atoms with van der Waals surface area (Å²) < 4.78 is 6.81. The number of carbonyl (C=O) groups excluding carboxylic acids is 1. The Hall–Kier alpha value is -1.99. The van der Waals surface area contributed by atoms with Gasteiger partial charge in [-0.2, -0.15) is 5.10 Å². The first-order valence-electron chi connectivity index (χ1n) is 6.96. The molecule has 1 aliphatic heterocycles. The highest BCUT2D eigenvalue weighted by atomic mass is 16.5. The van der Waals surface area contributed by atoms with Gasteiger partial charge in [0.15, 0.2) is 5.65 Å². The predicted molar refractivity (Wildman–Crippen MR) is 75.1 cm³/mol. The van der Waals surface area contributed by atoms with E-state index in [1.807, 2.05) is 6.92 Å². The number of nitrogens with one attached hydrogen (secondary N) is 1. The van der Waals surface area contributed by atoms with Gasteiger partial charge in [0, 0.05) is 25.0 Å². The summed E-state index contributed by atoms with van der Waals surface area (Å²) in [6.07, 6.45) is 2.80. The van der Waals surface area contributed by atoms with Crippen LogP contribution in [0, 0.1) is 6.92 Å². The third-order valence-electron chi connectivity index (χ3n) is 3.85. The van der Waals surface area contributed by atoms with Crippen molar-refractivity contribution in [3.05, 3.63) is 29.7 Å². The molecular formula is C14H18N4O3. The zero-order valence-electron chi connectivity index (χ0n) is 11.9. The highest BCUT2D eigenvalue weighted by Gasteiger charge is 2.34. The monoisotopic (exact) mass is 290 g/mol. The highest BCUT2D eigenvalue weighted by Crippen LogP contribution is 2.21. The second-order valence-electron chi connectivity index (χ2n) is 5.39. The Morgan fingerprint density at radius 1 is 1.52 bits per heavy atom. The number of aromatic nitrogens is 3. The number of ether oxygens (including phenoxy) is 1. The third kappa shape index (κ3) is 2.62. The number of hydrogen-bond donors (Lipinski definition) is 2. The van der Waals surface area contributed by atoms with Crippen molar-refractivity contribution < 1.29 is 14.6 Å². The van der Waals surface area contributed by atoms with Crippen molar-refractivity contribution >= 4 is 11.6 Å². The van der Waals surface area contributed by atoms with Gasteiger partial charge in [-0.25, -0.2) is 9.50 Å². The molecule has 3 heterocycles. The summed E-state index contributed by atoms with van der Waals surface area (Å²) in [5.41, 5.74) is 1.18. The van der Waals surface area contributed by atoms with Gasteiger partial charge >= 0.3 is 0 Å². The van der Waals surface area contributed by atoms with Crippen LogP contribution in [0.15, 0.2) is 18.3 Å². The molecule has 2 N–H and O–H groups in total. The molecule has 0 aromatic carbocycles. The normalized spacial score (nSPS) is 17.8. The van der Waals surface area contributed by atoms with Crippen molar-refractivity contribution in [2.75, 3.05) is 19.8 Å². The lowest BCUT2D eigenvalue weighted by Crippen LogP contribution is -2.54.